The fourth-order valence-corrected chi connectivity index (χ4v) is 3.83. The molecule has 0 radical (unpaired) electrons. The van der Waals surface area contributed by atoms with E-state index in [2.05, 4.69) is 0 Å². The lowest BCUT2D eigenvalue weighted by Gasteiger charge is -2.13. The summed E-state index contributed by atoms with van der Waals surface area (Å²) in [4.78, 5) is 12.1. The van der Waals surface area contributed by atoms with E-state index in [1.165, 1.54) is 17.6 Å². The SMILES string of the molecule is CS(=O)(=O)c1ccc(C(CC=O)c2cc(Cl)cs2)cc1. The molecule has 0 N–H and O–H groups in total. The van der Waals surface area contributed by atoms with E-state index >= 15 is 0 Å². The predicted octanol–water partition coefficient (Wildman–Crippen LogP) is 3.53. The Hall–Kier alpha value is -1.17. The Kier molecular flexibility index (Phi) is 4.62. The minimum Gasteiger partial charge on any atom is -0.303 e. The number of rotatable bonds is 5. The third-order valence-corrected chi connectivity index (χ3v) is 5.50. The van der Waals surface area contributed by atoms with Crippen molar-refractivity contribution >= 4 is 39.1 Å². The van der Waals surface area contributed by atoms with Crippen molar-refractivity contribution in [3.8, 4) is 0 Å². The molecule has 20 heavy (non-hydrogen) atoms. The molecule has 2 rings (SSSR count). The Balaban J connectivity index is 2.37. The van der Waals surface area contributed by atoms with Gasteiger partial charge >= 0.3 is 0 Å². The van der Waals surface area contributed by atoms with Crippen molar-refractivity contribution in [2.45, 2.75) is 17.2 Å². The maximum atomic E-state index is 11.4. The predicted molar refractivity (Wildman–Crippen MR) is 81.4 cm³/mol. The summed E-state index contributed by atoms with van der Waals surface area (Å²) in [6.45, 7) is 0. The average molecular weight is 329 g/mol. The average Bonchev–Trinajstić information content (AvgIpc) is 2.81. The Morgan fingerprint density at radius 1 is 1.30 bits per heavy atom. The van der Waals surface area contributed by atoms with Crippen molar-refractivity contribution in [2.24, 2.45) is 0 Å². The topological polar surface area (TPSA) is 51.2 Å². The molecule has 0 saturated carbocycles. The number of benzene rings is 1. The van der Waals surface area contributed by atoms with Crippen LogP contribution in [-0.4, -0.2) is 21.0 Å². The summed E-state index contributed by atoms with van der Waals surface area (Å²) in [7, 11) is -3.21. The molecule has 1 unspecified atom stereocenters. The van der Waals surface area contributed by atoms with Gasteiger partial charge in [-0.15, -0.1) is 11.3 Å². The van der Waals surface area contributed by atoms with Crippen LogP contribution in [0.4, 0.5) is 0 Å². The van der Waals surface area contributed by atoms with E-state index in [4.69, 9.17) is 11.6 Å². The van der Waals surface area contributed by atoms with Crippen molar-refractivity contribution in [3.05, 3.63) is 51.2 Å². The molecule has 1 heterocycles. The summed E-state index contributed by atoms with van der Waals surface area (Å²) < 4.78 is 22.9. The van der Waals surface area contributed by atoms with Gasteiger partial charge in [0, 0.05) is 28.9 Å². The summed E-state index contributed by atoms with van der Waals surface area (Å²) in [5.41, 5.74) is 0.906. The molecule has 3 nitrogen and oxygen atoms in total. The molecule has 0 aliphatic carbocycles. The minimum absolute atomic E-state index is 0.0846. The fourth-order valence-electron chi connectivity index (χ4n) is 1.97. The Labute approximate surface area is 127 Å². The third kappa shape index (κ3) is 3.48. The van der Waals surface area contributed by atoms with Crippen LogP contribution in [0.25, 0.3) is 0 Å². The van der Waals surface area contributed by atoms with Gasteiger partial charge in [0.25, 0.3) is 0 Å². The zero-order valence-corrected chi connectivity index (χ0v) is 13.1. The molecule has 106 valence electrons. The first-order valence-corrected chi connectivity index (χ1v) is 9.04. The molecule has 0 aliphatic heterocycles. The largest absolute Gasteiger partial charge is 0.303 e. The number of hydrogen-bond acceptors (Lipinski definition) is 4. The van der Waals surface area contributed by atoms with E-state index in [9.17, 15) is 13.2 Å². The summed E-state index contributed by atoms with van der Waals surface area (Å²) in [5, 5.41) is 2.47. The van der Waals surface area contributed by atoms with Gasteiger partial charge in [0.15, 0.2) is 9.84 Å². The molecular weight excluding hydrogens is 316 g/mol. The van der Waals surface area contributed by atoms with E-state index in [0.717, 1.165) is 16.7 Å². The Bertz CT molecular complexity index is 702. The van der Waals surface area contributed by atoms with E-state index in [1.54, 1.807) is 24.3 Å². The van der Waals surface area contributed by atoms with Gasteiger partial charge in [0.2, 0.25) is 0 Å². The van der Waals surface area contributed by atoms with Crippen LogP contribution >= 0.6 is 22.9 Å². The minimum atomic E-state index is -3.21. The Morgan fingerprint density at radius 2 is 1.95 bits per heavy atom. The maximum Gasteiger partial charge on any atom is 0.175 e. The van der Waals surface area contributed by atoms with Crippen molar-refractivity contribution in [1.82, 2.24) is 0 Å². The monoisotopic (exact) mass is 328 g/mol. The van der Waals surface area contributed by atoms with Gasteiger partial charge < -0.3 is 4.79 Å². The van der Waals surface area contributed by atoms with Crippen LogP contribution in [0.3, 0.4) is 0 Å². The lowest BCUT2D eigenvalue weighted by atomic mass is 9.95. The smallest absolute Gasteiger partial charge is 0.175 e. The van der Waals surface area contributed by atoms with Crippen LogP contribution in [0.2, 0.25) is 5.02 Å². The summed E-state index contributed by atoms with van der Waals surface area (Å²) in [5.74, 6) is -0.0846. The zero-order chi connectivity index (χ0) is 14.8. The highest BCUT2D eigenvalue weighted by Gasteiger charge is 2.17. The fraction of sp³-hybridized carbons (Fsp3) is 0.214. The molecule has 1 aromatic heterocycles. The molecule has 1 aromatic carbocycles. The number of sulfone groups is 1. The second-order valence-electron chi connectivity index (χ2n) is 4.46. The third-order valence-electron chi connectivity index (χ3n) is 2.97. The number of halogens is 1. The zero-order valence-electron chi connectivity index (χ0n) is 10.7. The van der Waals surface area contributed by atoms with E-state index in [-0.39, 0.29) is 10.8 Å². The van der Waals surface area contributed by atoms with Gasteiger partial charge in [-0.1, -0.05) is 23.7 Å². The summed E-state index contributed by atoms with van der Waals surface area (Å²) in [6.07, 6.45) is 2.38. The maximum absolute atomic E-state index is 11.4. The molecule has 0 bridgehead atoms. The lowest BCUT2D eigenvalue weighted by molar-refractivity contribution is -0.108. The van der Waals surface area contributed by atoms with E-state index in [1.807, 2.05) is 11.4 Å². The lowest BCUT2D eigenvalue weighted by Crippen LogP contribution is -2.02. The molecule has 0 spiro atoms. The molecular formula is C14H13ClO3S2. The van der Waals surface area contributed by atoms with Crippen molar-refractivity contribution in [3.63, 3.8) is 0 Å². The van der Waals surface area contributed by atoms with Gasteiger partial charge in [0.05, 0.1) is 9.92 Å². The molecule has 0 saturated heterocycles. The Morgan fingerprint density at radius 3 is 2.40 bits per heavy atom. The normalized spacial score (nSPS) is 13.1. The number of hydrogen-bond donors (Lipinski definition) is 0. The van der Waals surface area contributed by atoms with Crippen molar-refractivity contribution in [1.29, 1.82) is 0 Å². The van der Waals surface area contributed by atoms with Gasteiger partial charge in [-0.3, -0.25) is 0 Å². The number of thiophene rings is 1. The van der Waals surface area contributed by atoms with Crippen molar-refractivity contribution in [2.75, 3.05) is 6.26 Å². The van der Waals surface area contributed by atoms with Crippen LogP contribution in [0.1, 0.15) is 22.8 Å². The van der Waals surface area contributed by atoms with Gasteiger partial charge in [-0.05, 0) is 23.8 Å². The van der Waals surface area contributed by atoms with Crippen molar-refractivity contribution < 1.29 is 13.2 Å². The first kappa shape index (κ1) is 15.2. The van der Waals surface area contributed by atoms with Crippen LogP contribution in [0.5, 0.6) is 0 Å². The number of aldehydes is 1. The summed E-state index contributed by atoms with van der Waals surface area (Å²) in [6, 6.07) is 8.47. The highest BCUT2D eigenvalue weighted by atomic mass is 35.5. The van der Waals surface area contributed by atoms with Gasteiger partial charge in [0.1, 0.15) is 6.29 Å². The van der Waals surface area contributed by atoms with Crippen LogP contribution < -0.4 is 0 Å². The second-order valence-corrected chi connectivity index (χ2v) is 7.86. The molecule has 0 fully saturated rings. The molecule has 0 aliphatic rings. The van der Waals surface area contributed by atoms with Gasteiger partial charge in [-0.25, -0.2) is 8.42 Å². The molecule has 1 atom stereocenters. The highest BCUT2D eigenvalue weighted by molar-refractivity contribution is 7.90. The van der Waals surface area contributed by atoms with Crippen LogP contribution in [-0.2, 0) is 14.6 Å². The molecule has 0 amide bonds. The summed E-state index contributed by atoms with van der Waals surface area (Å²) >= 11 is 7.41. The molecule has 2 aromatic rings. The van der Waals surface area contributed by atoms with Crippen LogP contribution in [0, 0.1) is 0 Å². The first-order chi connectivity index (χ1) is 9.41. The first-order valence-electron chi connectivity index (χ1n) is 5.89. The number of carbonyl (C=O) groups excluding carboxylic acids is 1. The number of carbonyl (C=O) groups is 1. The molecule has 6 heteroatoms. The second kappa shape index (κ2) is 6.08. The van der Waals surface area contributed by atoms with E-state index < -0.39 is 9.84 Å². The quantitative estimate of drug-likeness (QED) is 0.789. The van der Waals surface area contributed by atoms with Crippen LogP contribution in [0.15, 0.2) is 40.6 Å². The standard InChI is InChI=1S/C14H13ClO3S2/c1-20(17,18)12-4-2-10(3-5-12)13(6-7-16)14-8-11(15)9-19-14/h2-5,7-9,13H,6H2,1H3. The highest BCUT2D eigenvalue weighted by Crippen LogP contribution is 2.33. The van der Waals surface area contributed by atoms with Gasteiger partial charge in [-0.2, -0.15) is 0 Å². The van der Waals surface area contributed by atoms with E-state index in [0.29, 0.717) is 11.4 Å².